The Morgan fingerprint density at radius 1 is 1.23 bits per heavy atom. The zero-order valence-corrected chi connectivity index (χ0v) is 17.7. The number of benzene rings is 2. The fourth-order valence-corrected chi connectivity index (χ4v) is 3.91. The second-order valence-electron chi connectivity index (χ2n) is 6.20. The van der Waals surface area contributed by atoms with Crippen molar-refractivity contribution in [1.29, 1.82) is 0 Å². The van der Waals surface area contributed by atoms with E-state index in [-0.39, 0.29) is 5.56 Å². The van der Waals surface area contributed by atoms with Crippen molar-refractivity contribution >= 4 is 62.6 Å². The maximum absolute atomic E-state index is 12.5. The summed E-state index contributed by atoms with van der Waals surface area (Å²) in [6, 6.07) is 9.96. The summed E-state index contributed by atoms with van der Waals surface area (Å²) in [7, 11) is 0. The van der Waals surface area contributed by atoms with E-state index in [1.807, 2.05) is 0 Å². The third kappa shape index (κ3) is 4.16. The van der Waals surface area contributed by atoms with Crippen molar-refractivity contribution in [2.75, 3.05) is 5.32 Å². The maximum Gasteiger partial charge on any atom is 0.341 e. The Kier molecular flexibility index (Phi) is 5.72. The normalized spacial score (nSPS) is 12.0. The highest BCUT2D eigenvalue weighted by Crippen LogP contribution is 2.32. The zero-order chi connectivity index (χ0) is 21.3. The number of halogens is 2. The minimum absolute atomic E-state index is 0.217. The van der Waals surface area contributed by atoms with Gasteiger partial charge >= 0.3 is 5.97 Å². The van der Waals surface area contributed by atoms with Gasteiger partial charge in [-0.3, -0.25) is 10.1 Å². The van der Waals surface area contributed by atoms with Crippen molar-refractivity contribution in [1.82, 2.24) is 9.97 Å². The molecule has 1 unspecified atom stereocenters. The van der Waals surface area contributed by atoms with E-state index in [0.29, 0.717) is 37.5 Å². The van der Waals surface area contributed by atoms with Gasteiger partial charge in [-0.25, -0.2) is 14.8 Å². The van der Waals surface area contributed by atoms with Crippen LogP contribution < -0.4 is 5.32 Å². The van der Waals surface area contributed by atoms with Gasteiger partial charge in [0.05, 0.1) is 16.3 Å². The molecule has 2 aromatic carbocycles. The molecule has 0 fully saturated rings. The number of hydrogen-bond acceptors (Lipinski definition) is 7. The standard InChI is InChI=1S/C20H13Cl2N3O4S/c1-10(29-19(27)13-3-2-4-16-17(13)23-9-28-16)18(26)25-20-24-15(8-30-20)12-6-5-11(21)7-14(12)22/h2-10H,1H3,(H,24,25,26). The Bertz CT molecular complexity index is 1250. The van der Waals surface area contributed by atoms with Gasteiger partial charge in [-0.05, 0) is 37.3 Å². The molecule has 0 aliphatic carbocycles. The highest BCUT2D eigenvalue weighted by Gasteiger charge is 2.22. The molecule has 7 nitrogen and oxygen atoms in total. The summed E-state index contributed by atoms with van der Waals surface area (Å²) in [5.41, 5.74) is 2.34. The quantitative estimate of drug-likeness (QED) is 0.397. The van der Waals surface area contributed by atoms with Crippen LogP contribution in [0.4, 0.5) is 5.13 Å². The van der Waals surface area contributed by atoms with E-state index >= 15 is 0 Å². The summed E-state index contributed by atoms with van der Waals surface area (Å²) < 4.78 is 10.5. The number of nitrogens with one attached hydrogen (secondary N) is 1. The first kappa shape index (κ1) is 20.3. The second-order valence-corrected chi connectivity index (χ2v) is 7.91. The monoisotopic (exact) mass is 461 g/mol. The lowest BCUT2D eigenvalue weighted by atomic mass is 10.2. The van der Waals surface area contributed by atoms with Gasteiger partial charge in [-0.15, -0.1) is 11.3 Å². The number of hydrogen-bond donors (Lipinski definition) is 1. The number of esters is 1. The topological polar surface area (TPSA) is 94.3 Å². The number of anilines is 1. The first-order chi connectivity index (χ1) is 14.4. The average Bonchev–Trinajstić information content (AvgIpc) is 3.37. The van der Waals surface area contributed by atoms with Crippen LogP contribution in [0.1, 0.15) is 17.3 Å². The molecule has 0 saturated carbocycles. The van der Waals surface area contributed by atoms with Gasteiger partial charge in [0.2, 0.25) is 0 Å². The molecule has 10 heteroatoms. The minimum atomic E-state index is -1.05. The minimum Gasteiger partial charge on any atom is -0.449 e. The van der Waals surface area contributed by atoms with E-state index < -0.39 is 18.0 Å². The van der Waals surface area contributed by atoms with Gasteiger partial charge in [0.25, 0.3) is 5.91 Å². The molecular weight excluding hydrogens is 449 g/mol. The van der Waals surface area contributed by atoms with Crippen molar-refractivity contribution in [3.8, 4) is 11.3 Å². The summed E-state index contributed by atoms with van der Waals surface area (Å²) >= 11 is 13.3. The van der Waals surface area contributed by atoms with Crippen LogP contribution in [0.2, 0.25) is 10.0 Å². The van der Waals surface area contributed by atoms with Crippen molar-refractivity contribution in [3.63, 3.8) is 0 Å². The Labute approximate surface area is 184 Å². The maximum atomic E-state index is 12.5. The van der Waals surface area contributed by atoms with Gasteiger partial charge in [0.15, 0.2) is 23.2 Å². The highest BCUT2D eigenvalue weighted by atomic mass is 35.5. The lowest BCUT2D eigenvalue weighted by Gasteiger charge is -2.12. The van der Waals surface area contributed by atoms with E-state index in [9.17, 15) is 9.59 Å². The Morgan fingerprint density at radius 2 is 2.07 bits per heavy atom. The molecule has 0 aliphatic heterocycles. The fourth-order valence-electron chi connectivity index (χ4n) is 2.69. The van der Waals surface area contributed by atoms with Gasteiger partial charge in [-0.1, -0.05) is 29.3 Å². The molecule has 1 N–H and O–H groups in total. The highest BCUT2D eigenvalue weighted by molar-refractivity contribution is 7.14. The number of para-hydroxylation sites is 1. The molecule has 4 aromatic rings. The van der Waals surface area contributed by atoms with E-state index in [1.54, 1.807) is 41.8 Å². The summed E-state index contributed by atoms with van der Waals surface area (Å²) in [5, 5.41) is 5.72. The second kappa shape index (κ2) is 8.43. The molecule has 0 bridgehead atoms. The van der Waals surface area contributed by atoms with Gasteiger partial charge in [-0.2, -0.15) is 0 Å². The largest absolute Gasteiger partial charge is 0.449 e. The van der Waals surface area contributed by atoms with E-state index in [1.165, 1.54) is 24.7 Å². The molecule has 0 aliphatic rings. The van der Waals surface area contributed by atoms with Crippen molar-refractivity contribution in [2.24, 2.45) is 0 Å². The van der Waals surface area contributed by atoms with Crippen LogP contribution >= 0.6 is 34.5 Å². The van der Waals surface area contributed by atoms with Crippen LogP contribution in [0.3, 0.4) is 0 Å². The summed E-state index contributed by atoms with van der Waals surface area (Å²) in [4.78, 5) is 33.3. The number of aromatic nitrogens is 2. The number of carbonyl (C=O) groups excluding carboxylic acids is 2. The molecule has 1 amide bonds. The number of fused-ring (bicyclic) bond motifs is 1. The van der Waals surface area contributed by atoms with Crippen LogP contribution in [0.25, 0.3) is 22.4 Å². The van der Waals surface area contributed by atoms with Crippen LogP contribution in [0, 0.1) is 0 Å². The molecule has 30 heavy (non-hydrogen) atoms. The van der Waals surface area contributed by atoms with E-state index in [2.05, 4.69) is 15.3 Å². The lowest BCUT2D eigenvalue weighted by Crippen LogP contribution is -2.30. The first-order valence-electron chi connectivity index (χ1n) is 8.67. The van der Waals surface area contributed by atoms with E-state index in [4.69, 9.17) is 32.4 Å². The molecular formula is C20H13Cl2N3O4S. The van der Waals surface area contributed by atoms with Gasteiger partial charge < -0.3 is 9.15 Å². The number of nitrogens with zero attached hydrogens (tertiary/aromatic N) is 2. The smallest absolute Gasteiger partial charge is 0.341 e. The predicted molar refractivity (Wildman–Crippen MR) is 115 cm³/mol. The first-order valence-corrected chi connectivity index (χ1v) is 10.3. The predicted octanol–water partition coefficient (Wildman–Crippen LogP) is 5.44. The SMILES string of the molecule is CC(OC(=O)c1cccc2ocnc12)C(=O)Nc1nc(-c2ccc(Cl)cc2Cl)cs1. The van der Waals surface area contributed by atoms with Crippen LogP contribution in [-0.4, -0.2) is 27.9 Å². The number of ether oxygens (including phenoxy) is 1. The number of carbonyl (C=O) groups is 2. The lowest BCUT2D eigenvalue weighted by molar-refractivity contribution is -0.123. The van der Waals surface area contributed by atoms with Gasteiger partial charge in [0, 0.05) is 16.0 Å². The van der Waals surface area contributed by atoms with Crippen molar-refractivity contribution in [2.45, 2.75) is 13.0 Å². The zero-order valence-electron chi connectivity index (χ0n) is 15.4. The summed E-state index contributed by atoms with van der Waals surface area (Å²) in [5.74, 6) is -1.19. The Hall–Kier alpha value is -2.94. The fraction of sp³-hybridized carbons (Fsp3) is 0.100. The molecule has 0 spiro atoms. The Morgan fingerprint density at radius 3 is 2.87 bits per heavy atom. The Balaban J connectivity index is 1.43. The number of oxazole rings is 1. The molecule has 2 aromatic heterocycles. The van der Waals surface area contributed by atoms with Crippen LogP contribution in [0.15, 0.2) is 52.6 Å². The third-order valence-corrected chi connectivity index (χ3v) is 5.48. The average molecular weight is 462 g/mol. The molecule has 152 valence electrons. The van der Waals surface area contributed by atoms with E-state index in [0.717, 1.165) is 0 Å². The number of rotatable bonds is 5. The molecule has 2 heterocycles. The van der Waals surface area contributed by atoms with Crippen LogP contribution in [0.5, 0.6) is 0 Å². The summed E-state index contributed by atoms with van der Waals surface area (Å²) in [6.07, 6.45) is 0.191. The molecule has 1 atom stereocenters. The molecule has 4 rings (SSSR count). The van der Waals surface area contributed by atoms with Crippen molar-refractivity contribution in [3.05, 3.63) is 63.8 Å². The van der Waals surface area contributed by atoms with Gasteiger partial charge in [0.1, 0.15) is 5.52 Å². The summed E-state index contributed by atoms with van der Waals surface area (Å²) in [6.45, 7) is 1.47. The number of amides is 1. The van der Waals surface area contributed by atoms with Crippen molar-refractivity contribution < 1.29 is 18.7 Å². The molecule has 0 radical (unpaired) electrons. The number of thiazole rings is 1. The van der Waals surface area contributed by atoms with Crippen LogP contribution in [-0.2, 0) is 9.53 Å². The third-order valence-electron chi connectivity index (χ3n) is 4.17. The molecule has 0 saturated heterocycles.